The number of nitrogens with one attached hydrogen (secondary N) is 1. The van der Waals surface area contributed by atoms with Crippen molar-refractivity contribution in [3.05, 3.63) is 28.2 Å². The first-order chi connectivity index (χ1) is 9.48. The summed E-state index contributed by atoms with van der Waals surface area (Å²) in [7, 11) is -3.48. The summed E-state index contributed by atoms with van der Waals surface area (Å²) in [6.07, 6.45) is 1.91. The number of piperidine rings is 1. The number of benzene rings is 1. The molecule has 2 fully saturated rings. The third-order valence-corrected chi connectivity index (χ3v) is 6.75. The molecule has 3 rings (SSSR count). The van der Waals surface area contributed by atoms with Crippen molar-refractivity contribution in [3.8, 4) is 0 Å². The number of fused-ring (bicyclic) bond motifs is 1. The van der Waals surface area contributed by atoms with E-state index >= 15 is 0 Å². The third kappa shape index (κ3) is 2.57. The van der Waals surface area contributed by atoms with Gasteiger partial charge in [0.05, 0.1) is 14.9 Å². The number of hydrogen-bond acceptors (Lipinski definition) is 3. The smallest absolute Gasteiger partial charge is 0.243 e. The minimum atomic E-state index is -3.48. The normalized spacial score (nSPS) is 27.5. The zero-order valence-electron chi connectivity index (χ0n) is 10.9. The second-order valence-electron chi connectivity index (χ2n) is 5.34. The van der Waals surface area contributed by atoms with E-state index in [4.69, 9.17) is 23.2 Å². The van der Waals surface area contributed by atoms with Crippen LogP contribution in [0.3, 0.4) is 0 Å². The molecule has 1 N–H and O–H groups in total. The van der Waals surface area contributed by atoms with Gasteiger partial charge in [0.25, 0.3) is 0 Å². The summed E-state index contributed by atoms with van der Waals surface area (Å²) in [6.45, 7) is 2.12. The van der Waals surface area contributed by atoms with E-state index in [0.29, 0.717) is 30.1 Å². The van der Waals surface area contributed by atoms with Crippen LogP contribution in [0.15, 0.2) is 23.1 Å². The van der Waals surface area contributed by atoms with Gasteiger partial charge in [-0.1, -0.05) is 23.2 Å². The van der Waals surface area contributed by atoms with Gasteiger partial charge >= 0.3 is 0 Å². The molecule has 0 spiro atoms. The van der Waals surface area contributed by atoms with Crippen molar-refractivity contribution in [1.82, 2.24) is 9.62 Å². The Morgan fingerprint density at radius 1 is 1.20 bits per heavy atom. The van der Waals surface area contributed by atoms with Gasteiger partial charge < -0.3 is 5.32 Å². The maximum absolute atomic E-state index is 12.6. The van der Waals surface area contributed by atoms with Crippen LogP contribution in [0.1, 0.15) is 12.8 Å². The summed E-state index contributed by atoms with van der Waals surface area (Å²) in [5.74, 6) is 0.418. The molecule has 2 atom stereocenters. The topological polar surface area (TPSA) is 49.4 Å². The number of sulfonamides is 1. The summed E-state index contributed by atoms with van der Waals surface area (Å²) in [5, 5.41) is 4.06. The van der Waals surface area contributed by atoms with Crippen molar-refractivity contribution in [2.24, 2.45) is 5.92 Å². The van der Waals surface area contributed by atoms with Crippen molar-refractivity contribution in [2.45, 2.75) is 23.8 Å². The predicted octanol–water partition coefficient (Wildman–Crippen LogP) is 2.37. The average molecular weight is 335 g/mol. The molecule has 0 saturated carbocycles. The van der Waals surface area contributed by atoms with E-state index in [2.05, 4.69) is 5.32 Å². The molecule has 0 aromatic heterocycles. The molecule has 0 radical (unpaired) electrons. The Balaban J connectivity index is 1.86. The molecule has 110 valence electrons. The van der Waals surface area contributed by atoms with Crippen LogP contribution in [-0.4, -0.2) is 38.4 Å². The fourth-order valence-corrected chi connectivity index (χ4v) is 4.92. The fourth-order valence-electron chi connectivity index (χ4n) is 3.02. The molecule has 2 heterocycles. The highest BCUT2D eigenvalue weighted by Gasteiger charge is 2.37. The van der Waals surface area contributed by atoms with Gasteiger partial charge in [0.2, 0.25) is 10.0 Å². The van der Waals surface area contributed by atoms with Crippen molar-refractivity contribution in [3.63, 3.8) is 0 Å². The van der Waals surface area contributed by atoms with Crippen molar-refractivity contribution >= 4 is 33.2 Å². The molecule has 1 aromatic carbocycles. The molecular weight excluding hydrogens is 319 g/mol. The minimum absolute atomic E-state index is 0.219. The van der Waals surface area contributed by atoms with Crippen LogP contribution in [-0.2, 0) is 10.0 Å². The number of nitrogens with zero attached hydrogens (tertiary/aromatic N) is 1. The maximum Gasteiger partial charge on any atom is 0.243 e. The molecule has 2 aliphatic heterocycles. The highest BCUT2D eigenvalue weighted by Crippen LogP contribution is 2.31. The van der Waals surface area contributed by atoms with E-state index in [1.807, 2.05) is 0 Å². The van der Waals surface area contributed by atoms with E-state index < -0.39 is 10.0 Å². The van der Waals surface area contributed by atoms with Crippen molar-refractivity contribution < 1.29 is 8.42 Å². The lowest BCUT2D eigenvalue weighted by molar-refractivity contribution is 0.247. The molecule has 2 saturated heterocycles. The molecule has 7 heteroatoms. The standard InChI is InChI=1S/C13H16Cl2N2O2S/c14-11-2-1-10(7-12(11)15)20(18,19)17-6-4-13-9(8-17)3-5-16-13/h1-2,7,9,13,16H,3-6,8H2. The number of hydrogen-bond donors (Lipinski definition) is 1. The zero-order chi connectivity index (χ0) is 14.3. The van der Waals surface area contributed by atoms with Crippen LogP contribution in [0.4, 0.5) is 0 Å². The molecular formula is C13H16Cl2N2O2S. The lowest BCUT2D eigenvalue weighted by atomic mass is 9.95. The van der Waals surface area contributed by atoms with Crippen LogP contribution in [0.5, 0.6) is 0 Å². The van der Waals surface area contributed by atoms with Gasteiger partial charge in [0, 0.05) is 19.1 Å². The zero-order valence-corrected chi connectivity index (χ0v) is 13.2. The quantitative estimate of drug-likeness (QED) is 0.903. The van der Waals surface area contributed by atoms with Gasteiger partial charge in [0.1, 0.15) is 0 Å². The number of halogens is 2. The fraction of sp³-hybridized carbons (Fsp3) is 0.538. The Kier molecular flexibility index (Phi) is 3.99. The summed E-state index contributed by atoms with van der Waals surface area (Å²) in [4.78, 5) is 0.219. The summed E-state index contributed by atoms with van der Waals surface area (Å²) >= 11 is 11.8. The lowest BCUT2D eigenvalue weighted by Crippen LogP contribution is -2.46. The second kappa shape index (κ2) is 5.46. The van der Waals surface area contributed by atoms with Crippen LogP contribution < -0.4 is 5.32 Å². The van der Waals surface area contributed by atoms with Crippen LogP contribution in [0, 0.1) is 5.92 Å². The molecule has 20 heavy (non-hydrogen) atoms. The Morgan fingerprint density at radius 2 is 2.00 bits per heavy atom. The Morgan fingerprint density at radius 3 is 2.75 bits per heavy atom. The van der Waals surface area contributed by atoms with Crippen LogP contribution in [0.25, 0.3) is 0 Å². The molecule has 2 unspecified atom stereocenters. The second-order valence-corrected chi connectivity index (χ2v) is 8.09. The first-order valence-electron chi connectivity index (χ1n) is 6.67. The van der Waals surface area contributed by atoms with E-state index in [9.17, 15) is 8.42 Å². The predicted molar refractivity (Wildman–Crippen MR) is 79.7 cm³/mol. The van der Waals surface area contributed by atoms with Crippen LogP contribution in [0.2, 0.25) is 10.0 Å². The molecule has 2 aliphatic rings. The summed E-state index contributed by atoms with van der Waals surface area (Å²) in [5.41, 5.74) is 0. The van der Waals surface area contributed by atoms with Gasteiger partial charge in [-0.25, -0.2) is 8.42 Å². The van der Waals surface area contributed by atoms with Gasteiger partial charge in [-0.15, -0.1) is 0 Å². The van der Waals surface area contributed by atoms with E-state index in [1.165, 1.54) is 18.2 Å². The van der Waals surface area contributed by atoms with E-state index in [1.54, 1.807) is 4.31 Å². The largest absolute Gasteiger partial charge is 0.314 e. The lowest BCUT2D eigenvalue weighted by Gasteiger charge is -2.34. The monoisotopic (exact) mass is 334 g/mol. The molecule has 0 aliphatic carbocycles. The Labute approximate surface area is 129 Å². The first kappa shape index (κ1) is 14.6. The minimum Gasteiger partial charge on any atom is -0.314 e. The number of rotatable bonds is 2. The van der Waals surface area contributed by atoms with E-state index in [0.717, 1.165) is 19.4 Å². The summed E-state index contributed by atoms with van der Waals surface area (Å²) in [6, 6.07) is 4.94. The highest BCUT2D eigenvalue weighted by molar-refractivity contribution is 7.89. The van der Waals surface area contributed by atoms with Gasteiger partial charge in [-0.3, -0.25) is 0 Å². The Bertz CT molecular complexity index is 621. The van der Waals surface area contributed by atoms with Gasteiger partial charge in [-0.2, -0.15) is 4.31 Å². The van der Waals surface area contributed by atoms with Crippen LogP contribution >= 0.6 is 23.2 Å². The maximum atomic E-state index is 12.6. The molecule has 1 aromatic rings. The van der Waals surface area contributed by atoms with Gasteiger partial charge in [-0.05, 0) is 43.5 Å². The molecule has 4 nitrogen and oxygen atoms in total. The molecule has 0 amide bonds. The third-order valence-electron chi connectivity index (χ3n) is 4.15. The SMILES string of the molecule is O=S(=O)(c1ccc(Cl)c(Cl)c1)N1CCC2NCCC2C1. The average Bonchev–Trinajstić information content (AvgIpc) is 2.89. The van der Waals surface area contributed by atoms with E-state index in [-0.39, 0.29) is 9.92 Å². The highest BCUT2D eigenvalue weighted by atomic mass is 35.5. The van der Waals surface area contributed by atoms with Crippen molar-refractivity contribution in [2.75, 3.05) is 19.6 Å². The van der Waals surface area contributed by atoms with Gasteiger partial charge in [0.15, 0.2) is 0 Å². The first-order valence-corrected chi connectivity index (χ1v) is 8.86. The Hall–Kier alpha value is -0.330. The summed E-state index contributed by atoms with van der Waals surface area (Å²) < 4.78 is 26.9. The van der Waals surface area contributed by atoms with Crippen molar-refractivity contribution in [1.29, 1.82) is 0 Å². The molecule has 0 bridgehead atoms.